The van der Waals surface area contributed by atoms with Gasteiger partial charge in [0, 0.05) is 5.75 Å². The third-order valence-corrected chi connectivity index (χ3v) is 3.46. The number of nitrogens with one attached hydrogen (secondary N) is 1. The molecule has 2 atom stereocenters. The first-order valence-corrected chi connectivity index (χ1v) is 5.78. The molecule has 1 aliphatic rings. The molecule has 0 saturated carbocycles. The van der Waals surface area contributed by atoms with Crippen molar-refractivity contribution in [3.05, 3.63) is 0 Å². The second-order valence-corrected chi connectivity index (χ2v) is 4.44. The molecule has 0 aliphatic carbocycles. The van der Waals surface area contributed by atoms with Gasteiger partial charge in [0.15, 0.2) is 0 Å². The number of carbonyl (C=O) groups is 1. The molecule has 0 aromatic carbocycles. The van der Waals surface area contributed by atoms with Gasteiger partial charge < -0.3 is 4.74 Å². The van der Waals surface area contributed by atoms with E-state index in [1.165, 1.54) is 20.0 Å². The summed E-state index contributed by atoms with van der Waals surface area (Å²) in [7, 11) is 1.44. The van der Waals surface area contributed by atoms with Crippen LogP contribution in [0.15, 0.2) is 0 Å². The molecule has 76 valence electrons. The van der Waals surface area contributed by atoms with Crippen LogP contribution in [0.4, 0.5) is 0 Å². The number of hydrogen-bond donors (Lipinski definition) is 1. The van der Waals surface area contributed by atoms with E-state index in [-0.39, 0.29) is 12.0 Å². The van der Waals surface area contributed by atoms with E-state index in [1.54, 1.807) is 0 Å². The molecule has 0 amide bonds. The Bertz CT molecular complexity index is 175. The molecule has 0 spiro atoms. The summed E-state index contributed by atoms with van der Waals surface area (Å²) in [5.74, 6) is 0.715. The third kappa shape index (κ3) is 3.19. The maximum atomic E-state index is 11.1. The van der Waals surface area contributed by atoms with Crippen molar-refractivity contribution >= 4 is 17.7 Å². The molecule has 0 bridgehead atoms. The van der Waals surface area contributed by atoms with Crippen LogP contribution in [0.2, 0.25) is 0 Å². The lowest BCUT2D eigenvalue weighted by Gasteiger charge is -2.10. The average Bonchev–Trinajstić information content (AvgIpc) is 2.62. The van der Waals surface area contributed by atoms with E-state index in [1.807, 2.05) is 11.8 Å². The smallest absolute Gasteiger partial charge is 0.323 e. The van der Waals surface area contributed by atoms with Crippen molar-refractivity contribution in [1.82, 2.24) is 5.32 Å². The Morgan fingerprint density at radius 3 is 3.08 bits per heavy atom. The molecular weight excluding hydrogens is 186 g/mol. The first-order valence-electron chi connectivity index (χ1n) is 4.73. The van der Waals surface area contributed by atoms with Crippen LogP contribution in [0.5, 0.6) is 0 Å². The van der Waals surface area contributed by atoms with Crippen LogP contribution in [0.25, 0.3) is 0 Å². The van der Waals surface area contributed by atoms with Gasteiger partial charge in [0.2, 0.25) is 0 Å². The zero-order chi connectivity index (χ0) is 9.68. The number of rotatable bonds is 4. The highest BCUT2D eigenvalue weighted by Gasteiger charge is 2.29. The summed E-state index contributed by atoms with van der Waals surface area (Å²) in [5, 5.41) is 3.71. The van der Waals surface area contributed by atoms with Gasteiger partial charge in [-0.2, -0.15) is 0 Å². The molecule has 1 rings (SSSR count). The van der Waals surface area contributed by atoms with Gasteiger partial charge in [0.25, 0.3) is 0 Å². The van der Waals surface area contributed by atoms with Crippen molar-refractivity contribution < 1.29 is 9.53 Å². The van der Waals surface area contributed by atoms with Crippen LogP contribution < -0.4 is 5.32 Å². The number of methoxy groups -OCH3 is 1. The van der Waals surface area contributed by atoms with Crippen LogP contribution in [-0.4, -0.2) is 30.2 Å². The Morgan fingerprint density at radius 2 is 2.46 bits per heavy atom. The summed E-state index contributed by atoms with van der Waals surface area (Å²) >= 11 is 1.82. The fourth-order valence-electron chi connectivity index (χ4n) is 1.37. The van der Waals surface area contributed by atoms with E-state index in [0.29, 0.717) is 5.37 Å². The fraction of sp³-hybridized carbons (Fsp3) is 0.889. The van der Waals surface area contributed by atoms with Crippen molar-refractivity contribution in [2.24, 2.45) is 0 Å². The molecule has 0 aromatic heterocycles. The van der Waals surface area contributed by atoms with Crippen LogP contribution in [0, 0.1) is 0 Å². The molecule has 1 aliphatic heterocycles. The molecule has 0 aromatic rings. The summed E-state index contributed by atoms with van der Waals surface area (Å²) < 4.78 is 4.67. The lowest BCUT2D eigenvalue weighted by atomic mass is 10.2. The van der Waals surface area contributed by atoms with Crippen LogP contribution in [-0.2, 0) is 9.53 Å². The molecule has 3 nitrogen and oxygen atoms in total. The number of esters is 1. The summed E-state index contributed by atoms with van der Waals surface area (Å²) in [6.07, 6.45) is 3.58. The van der Waals surface area contributed by atoms with E-state index >= 15 is 0 Å². The highest BCUT2D eigenvalue weighted by atomic mass is 32.2. The van der Waals surface area contributed by atoms with Crippen molar-refractivity contribution in [3.63, 3.8) is 0 Å². The SMILES string of the molecule is CCCCC1NC(C(=O)OC)CS1. The molecule has 2 unspecified atom stereocenters. The standard InChI is InChI=1S/C9H17NO2S/c1-3-4-5-8-10-7(6-13-8)9(11)12-2/h7-8,10H,3-6H2,1-2H3. The van der Waals surface area contributed by atoms with Crippen LogP contribution >= 0.6 is 11.8 Å². The molecule has 1 N–H and O–H groups in total. The number of carbonyl (C=O) groups excluding carboxylic acids is 1. The van der Waals surface area contributed by atoms with Gasteiger partial charge >= 0.3 is 5.97 Å². The van der Waals surface area contributed by atoms with Gasteiger partial charge in [-0.1, -0.05) is 19.8 Å². The van der Waals surface area contributed by atoms with Gasteiger partial charge in [-0.05, 0) is 6.42 Å². The zero-order valence-electron chi connectivity index (χ0n) is 8.21. The molecular formula is C9H17NO2S. The highest BCUT2D eigenvalue weighted by Crippen LogP contribution is 2.23. The summed E-state index contributed by atoms with van der Waals surface area (Å²) in [5.41, 5.74) is 0. The Labute approximate surface area is 83.6 Å². The van der Waals surface area contributed by atoms with E-state index in [0.717, 1.165) is 12.2 Å². The van der Waals surface area contributed by atoms with Crippen LogP contribution in [0.3, 0.4) is 0 Å². The van der Waals surface area contributed by atoms with E-state index in [2.05, 4.69) is 17.0 Å². The van der Waals surface area contributed by atoms with Gasteiger partial charge in [-0.25, -0.2) is 0 Å². The van der Waals surface area contributed by atoms with Crippen LogP contribution in [0.1, 0.15) is 26.2 Å². The second-order valence-electron chi connectivity index (χ2n) is 3.21. The van der Waals surface area contributed by atoms with E-state index in [9.17, 15) is 4.79 Å². The fourth-order valence-corrected chi connectivity index (χ4v) is 2.62. The largest absolute Gasteiger partial charge is 0.468 e. The van der Waals surface area contributed by atoms with Gasteiger partial charge in [0.1, 0.15) is 6.04 Å². The lowest BCUT2D eigenvalue weighted by Crippen LogP contribution is -2.37. The average molecular weight is 203 g/mol. The quantitative estimate of drug-likeness (QED) is 0.701. The molecule has 1 saturated heterocycles. The summed E-state index contributed by atoms with van der Waals surface area (Å²) in [6.45, 7) is 2.18. The first-order chi connectivity index (χ1) is 6.27. The molecule has 1 heterocycles. The Morgan fingerprint density at radius 1 is 1.69 bits per heavy atom. The van der Waals surface area contributed by atoms with Gasteiger partial charge in [-0.3, -0.25) is 10.1 Å². The third-order valence-electron chi connectivity index (χ3n) is 2.16. The molecule has 4 heteroatoms. The van der Waals surface area contributed by atoms with Gasteiger partial charge in [0.05, 0.1) is 12.5 Å². The molecule has 1 fully saturated rings. The summed E-state index contributed by atoms with van der Waals surface area (Å²) in [4.78, 5) is 11.1. The van der Waals surface area contributed by atoms with Crippen molar-refractivity contribution in [2.75, 3.05) is 12.9 Å². The number of hydrogen-bond acceptors (Lipinski definition) is 4. The predicted molar refractivity (Wildman–Crippen MR) is 54.7 cm³/mol. The monoisotopic (exact) mass is 203 g/mol. The Hall–Kier alpha value is -0.220. The minimum absolute atomic E-state index is 0.0862. The van der Waals surface area contributed by atoms with Crippen molar-refractivity contribution in [3.8, 4) is 0 Å². The normalized spacial score (nSPS) is 27.5. The lowest BCUT2D eigenvalue weighted by molar-refractivity contribution is -0.142. The number of thioether (sulfide) groups is 1. The molecule has 0 radical (unpaired) electrons. The van der Waals surface area contributed by atoms with E-state index in [4.69, 9.17) is 0 Å². The van der Waals surface area contributed by atoms with Gasteiger partial charge in [-0.15, -0.1) is 11.8 Å². The van der Waals surface area contributed by atoms with Crippen molar-refractivity contribution in [1.29, 1.82) is 0 Å². The number of unbranched alkanes of at least 4 members (excludes halogenated alkanes) is 1. The van der Waals surface area contributed by atoms with E-state index < -0.39 is 0 Å². The predicted octanol–water partition coefficient (Wildman–Crippen LogP) is 1.38. The Kier molecular flexibility index (Phi) is 4.59. The van der Waals surface area contributed by atoms with Crippen molar-refractivity contribution in [2.45, 2.75) is 37.6 Å². The zero-order valence-corrected chi connectivity index (χ0v) is 9.02. The minimum atomic E-state index is -0.133. The molecule has 13 heavy (non-hydrogen) atoms. The maximum Gasteiger partial charge on any atom is 0.323 e. The highest BCUT2D eigenvalue weighted by molar-refractivity contribution is 8.00. The number of ether oxygens (including phenoxy) is 1. The summed E-state index contributed by atoms with van der Waals surface area (Å²) in [6, 6.07) is -0.0862. The minimum Gasteiger partial charge on any atom is -0.468 e. The maximum absolute atomic E-state index is 11.1. The topological polar surface area (TPSA) is 38.3 Å². The first kappa shape index (κ1) is 10.9. The second kappa shape index (κ2) is 5.50. The Balaban J connectivity index is 2.23.